The molecule has 0 saturated carbocycles. The van der Waals surface area contributed by atoms with Crippen molar-refractivity contribution in [3.05, 3.63) is 47.9 Å². The average Bonchev–Trinajstić information content (AvgIpc) is 2.90. The maximum Gasteiger partial charge on any atom is 0.163 e. The molecular weight excluding hydrogens is 262 g/mol. The number of aryl methyl sites for hydroxylation is 2. The molecule has 0 bridgehead atoms. The molecule has 21 heavy (non-hydrogen) atoms. The lowest BCUT2D eigenvalue weighted by Crippen LogP contribution is -2.27. The van der Waals surface area contributed by atoms with Crippen molar-refractivity contribution in [1.29, 1.82) is 0 Å². The number of hydrogen-bond acceptors (Lipinski definition) is 4. The molecule has 5 heteroatoms. The van der Waals surface area contributed by atoms with Gasteiger partial charge in [0.25, 0.3) is 0 Å². The highest BCUT2D eigenvalue weighted by Crippen LogP contribution is 2.25. The lowest BCUT2D eigenvalue weighted by atomic mass is 9.88. The van der Waals surface area contributed by atoms with Crippen molar-refractivity contribution in [1.82, 2.24) is 19.7 Å². The van der Waals surface area contributed by atoms with Crippen LogP contribution in [0.5, 0.6) is 0 Å². The van der Waals surface area contributed by atoms with Crippen molar-refractivity contribution < 1.29 is 0 Å². The Morgan fingerprint density at radius 1 is 1.19 bits per heavy atom. The van der Waals surface area contributed by atoms with E-state index in [1.807, 2.05) is 13.2 Å². The maximum atomic E-state index is 4.39. The number of nitrogens with one attached hydrogen (secondary N) is 1. The molecule has 1 unspecified atom stereocenters. The molecule has 0 radical (unpaired) electrons. The summed E-state index contributed by atoms with van der Waals surface area (Å²) < 4.78 is 1.78. The number of rotatable bonds is 2. The van der Waals surface area contributed by atoms with Crippen molar-refractivity contribution in [2.75, 3.05) is 5.32 Å². The predicted octanol–water partition coefficient (Wildman–Crippen LogP) is 2.33. The number of aromatic nitrogens is 4. The molecule has 1 aliphatic rings. The third-order valence-electron chi connectivity index (χ3n) is 4.22. The topological polar surface area (TPSA) is 55.6 Å². The van der Waals surface area contributed by atoms with Crippen molar-refractivity contribution in [3.8, 4) is 0 Å². The Kier molecular flexibility index (Phi) is 2.84. The van der Waals surface area contributed by atoms with E-state index in [0.717, 1.165) is 36.1 Å². The zero-order chi connectivity index (χ0) is 14.2. The normalized spacial score (nSPS) is 17.7. The second-order valence-corrected chi connectivity index (χ2v) is 5.58. The Bertz CT molecular complexity index is 792. The van der Waals surface area contributed by atoms with Gasteiger partial charge in [-0.15, -0.1) is 0 Å². The predicted molar refractivity (Wildman–Crippen MR) is 82.2 cm³/mol. The van der Waals surface area contributed by atoms with E-state index in [-0.39, 0.29) is 0 Å². The standard InChI is InChI=1S/C16H17N5/c1-21-16-14(9-19-21)15(17-10-18-16)20-13-7-6-11-4-2-3-5-12(11)8-13/h2-5,9-10,13H,6-8H2,1H3,(H,17,18,20). The van der Waals surface area contributed by atoms with E-state index in [2.05, 4.69) is 44.6 Å². The quantitative estimate of drug-likeness (QED) is 0.782. The number of nitrogens with zero attached hydrogens (tertiary/aromatic N) is 4. The van der Waals surface area contributed by atoms with Gasteiger partial charge in [-0.3, -0.25) is 4.68 Å². The molecule has 0 spiro atoms. The van der Waals surface area contributed by atoms with Crippen LogP contribution >= 0.6 is 0 Å². The number of hydrogen-bond donors (Lipinski definition) is 1. The van der Waals surface area contributed by atoms with Crippen molar-refractivity contribution in [2.45, 2.75) is 25.3 Å². The molecule has 0 fully saturated rings. The molecule has 0 amide bonds. The van der Waals surface area contributed by atoms with Gasteiger partial charge in [-0.1, -0.05) is 24.3 Å². The summed E-state index contributed by atoms with van der Waals surface area (Å²) in [5.41, 5.74) is 3.78. The first kappa shape index (κ1) is 12.3. The van der Waals surface area contributed by atoms with Gasteiger partial charge in [0.1, 0.15) is 12.1 Å². The summed E-state index contributed by atoms with van der Waals surface area (Å²) >= 11 is 0. The highest BCUT2D eigenvalue weighted by atomic mass is 15.3. The van der Waals surface area contributed by atoms with E-state index in [4.69, 9.17) is 0 Å². The summed E-state index contributed by atoms with van der Waals surface area (Å²) in [4.78, 5) is 8.67. The van der Waals surface area contributed by atoms with Crippen LogP contribution in [0.1, 0.15) is 17.5 Å². The van der Waals surface area contributed by atoms with Crippen molar-refractivity contribution in [2.24, 2.45) is 7.05 Å². The smallest absolute Gasteiger partial charge is 0.163 e. The van der Waals surface area contributed by atoms with Crippen LogP contribution in [0.15, 0.2) is 36.8 Å². The average molecular weight is 279 g/mol. The summed E-state index contributed by atoms with van der Waals surface area (Å²) in [5.74, 6) is 0.887. The summed E-state index contributed by atoms with van der Waals surface area (Å²) in [5, 5.41) is 8.82. The summed E-state index contributed by atoms with van der Waals surface area (Å²) in [6.45, 7) is 0. The first-order chi connectivity index (χ1) is 10.3. The number of fused-ring (bicyclic) bond motifs is 2. The van der Waals surface area contributed by atoms with Crippen molar-refractivity contribution in [3.63, 3.8) is 0 Å². The Hall–Kier alpha value is -2.43. The minimum atomic E-state index is 0.415. The van der Waals surface area contributed by atoms with Crippen LogP contribution in [-0.2, 0) is 19.9 Å². The molecular formula is C16H17N5. The lowest BCUT2D eigenvalue weighted by Gasteiger charge is -2.26. The van der Waals surface area contributed by atoms with Gasteiger partial charge in [0.05, 0.1) is 11.6 Å². The summed E-state index contributed by atoms with van der Waals surface area (Å²) in [6.07, 6.45) is 6.72. The van der Waals surface area contributed by atoms with Gasteiger partial charge in [0.2, 0.25) is 0 Å². The van der Waals surface area contributed by atoms with Crippen LogP contribution in [0.2, 0.25) is 0 Å². The second-order valence-electron chi connectivity index (χ2n) is 5.58. The Labute approximate surface area is 123 Å². The molecule has 4 rings (SSSR count). The van der Waals surface area contributed by atoms with Gasteiger partial charge >= 0.3 is 0 Å². The van der Waals surface area contributed by atoms with Gasteiger partial charge in [-0.25, -0.2) is 9.97 Å². The first-order valence-corrected chi connectivity index (χ1v) is 7.27. The Morgan fingerprint density at radius 2 is 2.05 bits per heavy atom. The van der Waals surface area contributed by atoms with Crippen LogP contribution in [0.25, 0.3) is 11.0 Å². The van der Waals surface area contributed by atoms with Crippen LogP contribution in [0.4, 0.5) is 5.82 Å². The molecule has 1 N–H and O–H groups in total. The van der Waals surface area contributed by atoms with E-state index < -0.39 is 0 Å². The molecule has 0 aliphatic heterocycles. The fourth-order valence-corrected chi connectivity index (χ4v) is 3.09. The molecule has 106 valence electrons. The fourth-order valence-electron chi connectivity index (χ4n) is 3.09. The van der Waals surface area contributed by atoms with Gasteiger partial charge in [0.15, 0.2) is 5.65 Å². The van der Waals surface area contributed by atoms with Gasteiger partial charge in [-0.05, 0) is 30.4 Å². The SMILES string of the molecule is Cn1ncc2c(NC3CCc4ccccc4C3)ncnc21. The summed E-state index contributed by atoms with van der Waals surface area (Å²) in [6, 6.07) is 9.11. The first-order valence-electron chi connectivity index (χ1n) is 7.27. The van der Waals surface area contributed by atoms with E-state index in [0.29, 0.717) is 6.04 Å². The number of benzene rings is 1. The Morgan fingerprint density at radius 3 is 2.95 bits per heavy atom. The summed E-state index contributed by atoms with van der Waals surface area (Å²) in [7, 11) is 1.90. The Balaban J connectivity index is 1.62. The highest BCUT2D eigenvalue weighted by molar-refractivity contribution is 5.86. The maximum absolute atomic E-state index is 4.39. The zero-order valence-corrected chi connectivity index (χ0v) is 12.0. The molecule has 3 aromatic rings. The monoisotopic (exact) mass is 279 g/mol. The third-order valence-corrected chi connectivity index (χ3v) is 4.22. The molecule has 5 nitrogen and oxygen atoms in total. The van der Waals surface area contributed by atoms with E-state index in [1.54, 1.807) is 11.0 Å². The molecule has 1 aliphatic carbocycles. The van der Waals surface area contributed by atoms with Gasteiger partial charge in [-0.2, -0.15) is 5.10 Å². The molecule has 2 aromatic heterocycles. The van der Waals surface area contributed by atoms with Crippen LogP contribution in [-0.4, -0.2) is 25.8 Å². The molecule has 2 heterocycles. The fraction of sp³-hybridized carbons (Fsp3) is 0.312. The highest BCUT2D eigenvalue weighted by Gasteiger charge is 2.19. The van der Waals surface area contributed by atoms with E-state index in [1.165, 1.54) is 11.1 Å². The lowest BCUT2D eigenvalue weighted by molar-refractivity contribution is 0.609. The van der Waals surface area contributed by atoms with E-state index in [9.17, 15) is 0 Å². The molecule has 1 aromatic carbocycles. The molecule has 1 atom stereocenters. The third kappa shape index (κ3) is 2.14. The second kappa shape index (κ2) is 4.84. The minimum Gasteiger partial charge on any atom is -0.366 e. The largest absolute Gasteiger partial charge is 0.366 e. The van der Waals surface area contributed by atoms with Crippen LogP contribution < -0.4 is 5.32 Å². The van der Waals surface area contributed by atoms with Crippen molar-refractivity contribution >= 4 is 16.9 Å². The number of anilines is 1. The van der Waals surface area contributed by atoms with Crippen LogP contribution in [0.3, 0.4) is 0 Å². The van der Waals surface area contributed by atoms with Gasteiger partial charge in [0, 0.05) is 13.1 Å². The zero-order valence-electron chi connectivity index (χ0n) is 12.0. The van der Waals surface area contributed by atoms with Gasteiger partial charge < -0.3 is 5.32 Å². The van der Waals surface area contributed by atoms with E-state index >= 15 is 0 Å². The molecule has 0 saturated heterocycles. The minimum absolute atomic E-state index is 0.415. The van der Waals surface area contributed by atoms with Crippen LogP contribution in [0, 0.1) is 0 Å².